The Morgan fingerprint density at radius 3 is 2.75 bits per heavy atom. The molecule has 1 unspecified atom stereocenters. The Kier molecular flexibility index (Phi) is 5.23. The molecule has 0 radical (unpaired) electrons. The minimum Gasteiger partial charge on any atom is -0.371 e. The Labute approximate surface area is 141 Å². The standard InChI is InChI=1S/C19H21FN2O2/c1-14-4-2-3-5-17(14)21-19(23)13-22-10-11-24-18(12-22)15-6-8-16(20)9-7-15/h2-9,18H,10-13H2,1H3,(H,21,23). The number of anilines is 1. The van der Waals surface area contributed by atoms with E-state index in [1.165, 1.54) is 12.1 Å². The fourth-order valence-electron chi connectivity index (χ4n) is 2.83. The lowest BCUT2D eigenvalue weighted by Crippen LogP contribution is -2.42. The molecular formula is C19H21FN2O2. The molecule has 24 heavy (non-hydrogen) atoms. The quantitative estimate of drug-likeness (QED) is 0.937. The molecule has 1 aliphatic heterocycles. The lowest BCUT2D eigenvalue weighted by Gasteiger charge is -2.32. The first kappa shape index (κ1) is 16.6. The van der Waals surface area contributed by atoms with Crippen LogP contribution >= 0.6 is 0 Å². The Morgan fingerprint density at radius 2 is 2.00 bits per heavy atom. The minimum absolute atomic E-state index is 0.0379. The summed E-state index contributed by atoms with van der Waals surface area (Å²) in [7, 11) is 0. The third kappa shape index (κ3) is 4.19. The monoisotopic (exact) mass is 328 g/mol. The molecule has 0 aliphatic carbocycles. The lowest BCUT2D eigenvalue weighted by molar-refractivity contribution is -0.119. The van der Waals surface area contributed by atoms with Gasteiger partial charge in [-0.2, -0.15) is 0 Å². The van der Waals surface area contributed by atoms with Crippen LogP contribution in [0.4, 0.5) is 10.1 Å². The number of morpholine rings is 1. The molecular weight excluding hydrogens is 307 g/mol. The molecule has 3 rings (SSSR count). The Hall–Kier alpha value is -2.24. The number of nitrogens with zero attached hydrogens (tertiary/aromatic N) is 1. The maximum atomic E-state index is 13.0. The van der Waals surface area contributed by atoms with Crippen molar-refractivity contribution in [1.29, 1.82) is 0 Å². The first-order chi connectivity index (χ1) is 11.6. The molecule has 126 valence electrons. The van der Waals surface area contributed by atoms with E-state index in [1.807, 2.05) is 31.2 Å². The number of para-hydroxylation sites is 1. The lowest BCUT2D eigenvalue weighted by atomic mass is 10.1. The van der Waals surface area contributed by atoms with Crippen molar-refractivity contribution in [2.45, 2.75) is 13.0 Å². The number of amides is 1. The largest absolute Gasteiger partial charge is 0.371 e. The van der Waals surface area contributed by atoms with E-state index in [2.05, 4.69) is 10.2 Å². The van der Waals surface area contributed by atoms with E-state index in [9.17, 15) is 9.18 Å². The predicted octanol–water partition coefficient (Wildman–Crippen LogP) is 3.15. The van der Waals surface area contributed by atoms with E-state index < -0.39 is 0 Å². The summed E-state index contributed by atoms with van der Waals surface area (Å²) < 4.78 is 18.8. The van der Waals surface area contributed by atoms with Crippen molar-refractivity contribution < 1.29 is 13.9 Å². The van der Waals surface area contributed by atoms with Gasteiger partial charge in [0, 0.05) is 18.8 Å². The van der Waals surface area contributed by atoms with Crippen molar-refractivity contribution >= 4 is 11.6 Å². The van der Waals surface area contributed by atoms with Crippen molar-refractivity contribution in [2.75, 3.05) is 31.6 Å². The average molecular weight is 328 g/mol. The first-order valence-corrected chi connectivity index (χ1v) is 8.07. The molecule has 1 N–H and O–H groups in total. The number of rotatable bonds is 4. The van der Waals surface area contributed by atoms with E-state index in [0.717, 1.165) is 16.8 Å². The molecule has 0 spiro atoms. The number of carbonyl (C=O) groups is 1. The highest BCUT2D eigenvalue weighted by molar-refractivity contribution is 5.92. The van der Waals surface area contributed by atoms with E-state index in [-0.39, 0.29) is 17.8 Å². The number of carbonyl (C=O) groups excluding carboxylic acids is 1. The Bertz CT molecular complexity index is 703. The van der Waals surface area contributed by atoms with Crippen LogP contribution in [0.1, 0.15) is 17.2 Å². The molecule has 4 nitrogen and oxygen atoms in total. The number of hydrogen-bond acceptors (Lipinski definition) is 3. The van der Waals surface area contributed by atoms with Crippen molar-refractivity contribution in [2.24, 2.45) is 0 Å². The molecule has 1 aliphatic rings. The third-order valence-electron chi connectivity index (χ3n) is 4.18. The zero-order valence-electron chi connectivity index (χ0n) is 13.7. The van der Waals surface area contributed by atoms with Crippen LogP contribution in [-0.4, -0.2) is 37.0 Å². The van der Waals surface area contributed by atoms with E-state index in [1.54, 1.807) is 12.1 Å². The van der Waals surface area contributed by atoms with Crippen molar-refractivity contribution in [1.82, 2.24) is 4.90 Å². The summed E-state index contributed by atoms with van der Waals surface area (Å²) in [6, 6.07) is 14.0. The second-order valence-electron chi connectivity index (χ2n) is 6.01. The number of aryl methyl sites for hydroxylation is 1. The Balaban J connectivity index is 1.58. The molecule has 0 bridgehead atoms. The van der Waals surface area contributed by atoms with Crippen LogP contribution in [0, 0.1) is 12.7 Å². The molecule has 0 aromatic heterocycles. The first-order valence-electron chi connectivity index (χ1n) is 8.07. The second-order valence-corrected chi connectivity index (χ2v) is 6.01. The number of halogens is 1. The molecule has 1 atom stereocenters. The summed E-state index contributed by atoms with van der Waals surface area (Å²) in [5.41, 5.74) is 2.81. The van der Waals surface area contributed by atoms with Gasteiger partial charge in [-0.3, -0.25) is 9.69 Å². The minimum atomic E-state index is -0.260. The molecule has 2 aromatic rings. The van der Waals surface area contributed by atoms with Gasteiger partial charge in [-0.05, 0) is 36.2 Å². The van der Waals surface area contributed by atoms with Crippen LogP contribution in [0.3, 0.4) is 0 Å². The smallest absolute Gasteiger partial charge is 0.238 e. The fourth-order valence-corrected chi connectivity index (χ4v) is 2.83. The van der Waals surface area contributed by atoms with Crippen molar-refractivity contribution in [3.63, 3.8) is 0 Å². The third-order valence-corrected chi connectivity index (χ3v) is 4.18. The second kappa shape index (κ2) is 7.55. The molecule has 2 aromatic carbocycles. The van der Waals surface area contributed by atoms with Crippen LogP contribution < -0.4 is 5.32 Å². The van der Waals surface area contributed by atoms with Crippen molar-refractivity contribution in [3.05, 3.63) is 65.5 Å². The Morgan fingerprint density at radius 1 is 1.25 bits per heavy atom. The molecule has 1 fully saturated rings. The van der Waals surface area contributed by atoms with Crippen LogP contribution in [-0.2, 0) is 9.53 Å². The molecule has 0 saturated carbocycles. The fraction of sp³-hybridized carbons (Fsp3) is 0.316. The zero-order chi connectivity index (χ0) is 16.9. The van der Waals surface area contributed by atoms with Gasteiger partial charge in [0.05, 0.1) is 19.3 Å². The van der Waals surface area contributed by atoms with Gasteiger partial charge in [0.15, 0.2) is 0 Å². The van der Waals surface area contributed by atoms with Crippen molar-refractivity contribution in [3.8, 4) is 0 Å². The van der Waals surface area contributed by atoms with Crippen LogP contribution in [0.15, 0.2) is 48.5 Å². The van der Waals surface area contributed by atoms with E-state index in [4.69, 9.17) is 4.74 Å². The van der Waals surface area contributed by atoms with Crippen LogP contribution in [0.25, 0.3) is 0 Å². The van der Waals surface area contributed by atoms with Gasteiger partial charge in [0.25, 0.3) is 0 Å². The number of benzene rings is 2. The topological polar surface area (TPSA) is 41.6 Å². The SMILES string of the molecule is Cc1ccccc1NC(=O)CN1CCOC(c2ccc(F)cc2)C1. The van der Waals surface area contributed by atoms with Crippen LogP contribution in [0.2, 0.25) is 0 Å². The summed E-state index contributed by atoms with van der Waals surface area (Å²) >= 11 is 0. The summed E-state index contributed by atoms with van der Waals surface area (Å²) in [4.78, 5) is 14.3. The highest BCUT2D eigenvalue weighted by Crippen LogP contribution is 2.22. The van der Waals surface area contributed by atoms with Gasteiger partial charge in [-0.1, -0.05) is 30.3 Å². The zero-order valence-corrected chi connectivity index (χ0v) is 13.7. The summed E-state index contributed by atoms with van der Waals surface area (Å²) in [6.07, 6.45) is -0.134. The van der Waals surface area contributed by atoms with Gasteiger partial charge in [-0.25, -0.2) is 4.39 Å². The summed E-state index contributed by atoms with van der Waals surface area (Å²) in [5.74, 6) is -0.298. The normalized spacial score (nSPS) is 18.3. The van der Waals surface area contributed by atoms with E-state index in [0.29, 0.717) is 26.2 Å². The van der Waals surface area contributed by atoms with Gasteiger partial charge >= 0.3 is 0 Å². The van der Waals surface area contributed by atoms with E-state index >= 15 is 0 Å². The van der Waals surface area contributed by atoms with Gasteiger partial charge in [-0.15, -0.1) is 0 Å². The number of ether oxygens (including phenoxy) is 1. The van der Waals surface area contributed by atoms with Gasteiger partial charge < -0.3 is 10.1 Å². The molecule has 1 amide bonds. The van der Waals surface area contributed by atoms with Gasteiger partial charge in [0.1, 0.15) is 5.82 Å². The molecule has 1 heterocycles. The summed E-state index contributed by atoms with van der Waals surface area (Å²) in [5, 5.41) is 2.95. The highest BCUT2D eigenvalue weighted by atomic mass is 19.1. The molecule has 1 saturated heterocycles. The van der Waals surface area contributed by atoms with Gasteiger partial charge in [0.2, 0.25) is 5.91 Å². The molecule has 5 heteroatoms. The maximum absolute atomic E-state index is 13.0. The number of nitrogens with one attached hydrogen (secondary N) is 1. The average Bonchev–Trinajstić information content (AvgIpc) is 2.58. The maximum Gasteiger partial charge on any atom is 0.238 e. The highest BCUT2D eigenvalue weighted by Gasteiger charge is 2.23. The number of hydrogen-bond donors (Lipinski definition) is 1. The van der Waals surface area contributed by atoms with Crippen LogP contribution in [0.5, 0.6) is 0 Å². The summed E-state index contributed by atoms with van der Waals surface area (Å²) in [6.45, 7) is 4.16. The predicted molar refractivity (Wildman–Crippen MR) is 91.3 cm³/mol.